The summed E-state index contributed by atoms with van der Waals surface area (Å²) >= 11 is 7.59. The number of aliphatic hydroxyl groups excluding tert-OH is 3. The summed E-state index contributed by atoms with van der Waals surface area (Å²) < 4.78 is 11.8. The SMILES string of the molecule is CSC1OC(C(NC(=O)C2C3OCCCCC3CN2C)C(C)Cl)C(O)C(O)C1O. The van der Waals surface area contributed by atoms with E-state index in [0.29, 0.717) is 12.5 Å². The van der Waals surface area contributed by atoms with E-state index in [1.807, 2.05) is 11.9 Å². The molecule has 10 atom stereocenters. The van der Waals surface area contributed by atoms with E-state index in [0.717, 1.165) is 25.8 Å². The van der Waals surface area contributed by atoms with E-state index in [9.17, 15) is 20.1 Å². The van der Waals surface area contributed by atoms with Gasteiger partial charge in [0.15, 0.2) is 0 Å². The predicted octanol–water partition coefficient (Wildman–Crippen LogP) is -0.232. The monoisotopic (exact) mass is 452 g/mol. The largest absolute Gasteiger partial charge is 0.388 e. The molecule has 0 aromatic rings. The molecular formula is C19H33ClN2O6S. The zero-order valence-electron chi connectivity index (χ0n) is 17.1. The van der Waals surface area contributed by atoms with Crippen molar-refractivity contribution < 1.29 is 29.6 Å². The molecule has 0 spiro atoms. The molecule has 0 aliphatic carbocycles. The Morgan fingerprint density at radius 2 is 1.97 bits per heavy atom. The summed E-state index contributed by atoms with van der Waals surface area (Å²) in [4.78, 5) is 15.2. The molecule has 3 aliphatic heterocycles. The van der Waals surface area contributed by atoms with Gasteiger partial charge >= 0.3 is 0 Å². The quantitative estimate of drug-likeness (QED) is 0.423. The van der Waals surface area contributed by atoms with E-state index in [-0.39, 0.29) is 12.0 Å². The summed E-state index contributed by atoms with van der Waals surface area (Å²) in [5, 5.41) is 33.2. The zero-order chi connectivity index (χ0) is 21.3. The van der Waals surface area contributed by atoms with Gasteiger partial charge in [0.05, 0.1) is 17.5 Å². The normalized spacial score (nSPS) is 43.3. The number of hydrogen-bond acceptors (Lipinski definition) is 8. The van der Waals surface area contributed by atoms with Crippen LogP contribution < -0.4 is 5.32 Å². The number of likely N-dealkylation sites (N-methyl/N-ethyl adjacent to an activating group) is 1. The highest BCUT2D eigenvalue weighted by atomic mass is 35.5. The lowest BCUT2D eigenvalue weighted by Gasteiger charge is -2.44. The minimum Gasteiger partial charge on any atom is -0.388 e. The topological polar surface area (TPSA) is 111 Å². The number of nitrogens with zero attached hydrogens (tertiary/aromatic N) is 1. The molecule has 0 bridgehead atoms. The Labute approximate surface area is 181 Å². The first-order chi connectivity index (χ1) is 13.8. The highest BCUT2D eigenvalue weighted by Gasteiger charge is 2.50. The van der Waals surface area contributed by atoms with Gasteiger partial charge in [-0.1, -0.05) is 6.42 Å². The van der Waals surface area contributed by atoms with E-state index >= 15 is 0 Å². The van der Waals surface area contributed by atoms with Crippen LogP contribution in [0.25, 0.3) is 0 Å². The van der Waals surface area contributed by atoms with Crippen LogP contribution in [0.4, 0.5) is 0 Å². The van der Waals surface area contributed by atoms with Gasteiger partial charge in [0, 0.05) is 13.2 Å². The van der Waals surface area contributed by atoms with Gasteiger partial charge in [-0.2, -0.15) is 0 Å². The van der Waals surface area contributed by atoms with Crippen molar-refractivity contribution in [2.24, 2.45) is 5.92 Å². The van der Waals surface area contributed by atoms with Gasteiger partial charge in [-0.3, -0.25) is 9.69 Å². The van der Waals surface area contributed by atoms with Crippen LogP contribution >= 0.6 is 23.4 Å². The molecule has 1 amide bonds. The third-order valence-electron chi connectivity index (χ3n) is 6.32. The fourth-order valence-corrected chi connectivity index (χ4v) is 5.62. The van der Waals surface area contributed by atoms with Crippen LogP contribution in [0.3, 0.4) is 0 Å². The summed E-state index contributed by atoms with van der Waals surface area (Å²) in [7, 11) is 1.91. The minimum atomic E-state index is -1.38. The van der Waals surface area contributed by atoms with Crippen LogP contribution in [0.15, 0.2) is 0 Å². The zero-order valence-corrected chi connectivity index (χ0v) is 18.7. The van der Waals surface area contributed by atoms with Crippen molar-refractivity contribution in [3.05, 3.63) is 0 Å². The van der Waals surface area contributed by atoms with Crippen LogP contribution in [0.5, 0.6) is 0 Å². The lowest BCUT2D eigenvalue weighted by Crippen LogP contribution is -2.65. The first-order valence-corrected chi connectivity index (χ1v) is 12.0. The number of hydrogen-bond donors (Lipinski definition) is 4. The molecule has 29 heavy (non-hydrogen) atoms. The summed E-state index contributed by atoms with van der Waals surface area (Å²) in [6.07, 6.45) is -0.208. The molecule has 3 aliphatic rings. The summed E-state index contributed by atoms with van der Waals surface area (Å²) in [6, 6.07) is -1.18. The number of carbonyl (C=O) groups is 1. The predicted molar refractivity (Wildman–Crippen MR) is 111 cm³/mol. The van der Waals surface area contributed by atoms with E-state index < -0.39 is 47.3 Å². The molecule has 0 aromatic heterocycles. The first kappa shape index (κ1) is 23.5. The van der Waals surface area contributed by atoms with Crippen LogP contribution in [0.2, 0.25) is 0 Å². The standard InChI is InChI=1S/C19H33ClN2O6S/c1-9(20)11(17-14(24)13(23)15(25)19(28-17)29-3)21-18(26)12-16-10(8-22(12)2)6-4-5-7-27-16/h9-17,19,23-25H,4-8H2,1-3H3,(H,21,26). The molecular weight excluding hydrogens is 420 g/mol. The van der Waals surface area contributed by atoms with Crippen LogP contribution in [-0.2, 0) is 14.3 Å². The van der Waals surface area contributed by atoms with Crippen molar-refractivity contribution in [2.45, 2.75) is 79.6 Å². The highest BCUT2D eigenvalue weighted by Crippen LogP contribution is 2.33. The van der Waals surface area contributed by atoms with Crippen molar-refractivity contribution in [1.29, 1.82) is 0 Å². The number of thioether (sulfide) groups is 1. The minimum absolute atomic E-state index is 0.169. The third-order valence-corrected chi connectivity index (χ3v) is 7.44. The molecule has 0 aromatic carbocycles. The van der Waals surface area contributed by atoms with Gasteiger partial charge in [-0.05, 0) is 39.0 Å². The summed E-state index contributed by atoms with van der Waals surface area (Å²) in [5.74, 6) is 0.0935. The number of rotatable bonds is 5. The van der Waals surface area contributed by atoms with Crippen LogP contribution in [0, 0.1) is 5.92 Å². The summed E-state index contributed by atoms with van der Waals surface area (Å²) in [6.45, 7) is 3.15. The molecule has 0 radical (unpaired) electrons. The third kappa shape index (κ3) is 4.87. The van der Waals surface area contributed by atoms with Crippen LogP contribution in [0.1, 0.15) is 26.2 Å². The Hall–Kier alpha value is -0.130. The molecule has 3 heterocycles. The smallest absolute Gasteiger partial charge is 0.240 e. The molecule has 8 nitrogen and oxygen atoms in total. The molecule has 4 N–H and O–H groups in total. The van der Waals surface area contributed by atoms with Crippen molar-refractivity contribution >= 4 is 29.3 Å². The number of fused-ring (bicyclic) bond motifs is 1. The maximum atomic E-state index is 13.2. The maximum absolute atomic E-state index is 13.2. The molecule has 168 valence electrons. The average molecular weight is 453 g/mol. The Morgan fingerprint density at radius 1 is 1.24 bits per heavy atom. The second-order valence-electron chi connectivity index (χ2n) is 8.36. The number of likely N-dealkylation sites (tertiary alicyclic amines) is 1. The number of carbonyl (C=O) groups excluding carboxylic acids is 1. The number of nitrogens with one attached hydrogen (secondary N) is 1. The number of alkyl halides is 1. The Bertz CT molecular complexity index is 571. The lowest BCUT2D eigenvalue weighted by molar-refractivity contribution is -0.205. The maximum Gasteiger partial charge on any atom is 0.240 e. The van der Waals surface area contributed by atoms with E-state index in [2.05, 4.69) is 5.32 Å². The van der Waals surface area contributed by atoms with E-state index in [1.165, 1.54) is 11.8 Å². The Kier molecular flexibility index (Phi) is 8.11. The number of ether oxygens (including phenoxy) is 2. The second-order valence-corrected chi connectivity index (χ2v) is 9.99. The number of halogens is 1. The first-order valence-electron chi connectivity index (χ1n) is 10.2. The van der Waals surface area contributed by atoms with Crippen molar-refractivity contribution in [1.82, 2.24) is 10.2 Å². The van der Waals surface area contributed by atoms with Crippen molar-refractivity contribution in [3.8, 4) is 0 Å². The molecule has 3 fully saturated rings. The van der Waals surface area contributed by atoms with Gasteiger partial charge in [-0.15, -0.1) is 23.4 Å². The van der Waals surface area contributed by atoms with Crippen molar-refractivity contribution in [3.63, 3.8) is 0 Å². The van der Waals surface area contributed by atoms with E-state index in [4.69, 9.17) is 21.1 Å². The number of amides is 1. The molecule has 10 unspecified atom stereocenters. The summed E-state index contributed by atoms with van der Waals surface area (Å²) in [5.41, 5.74) is -0.725. The second kappa shape index (κ2) is 9.99. The molecule has 0 saturated carbocycles. The van der Waals surface area contributed by atoms with Crippen molar-refractivity contribution in [2.75, 3.05) is 26.5 Å². The van der Waals surface area contributed by atoms with Gasteiger partial charge in [0.25, 0.3) is 0 Å². The lowest BCUT2D eigenvalue weighted by atomic mass is 9.92. The van der Waals surface area contributed by atoms with Gasteiger partial charge < -0.3 is 30.1 Å². The highest BCUT2D eigenvalue weighted by molar-refractivity contribution is 7.99. The Morgan fingerprint density at radius 3 is 2.62 bits per heavy atom. The Balaban J connectivity index is 1.75. The van der Waals surface area contributed by atoms with Gasteiger partial charge in [-0.25, -0.2) is 0 Å². The fraction of sp³-hybridized carbons (Fsp3) is 0.947. The van der Waals surface area contributed by atoms with E-state index in [1.54, 1.807) is 13.2 Å². The van der Waals surface area contributed by atoms with Crippen LogP contribution in [-0.4, -0.2) is 106 Å². The molecule has 10 heteroatoms. The molecule has 3 rings (SSSR count). The fourth-order valence-electron chi connectivity index (χ4n) is 4.73. The van der Waals surface area contributed by atoms with Gasteiger partial charge in [0.2, 0.25) is 5.91 Å². The average Bonchev–Trinajstić information content (AvgIpc) is 2.83. The van der Waals surface area contributed by atoms with Gasteiger partial charge in [0.1, 0.15) is 35.9 Å². The molecule has 3 saturated heterocycles. The number of aliphatic hydroxyl groups is 3.